The number of benzene rings is 2. The van der Waals surface area contributed by atoms with Gasteiger partial charge in [-0.25, -0.2) is 4.39 Å². The summed E-state index contributed by atoms with van der Waals surface area (Å²) >= 11 is 6.83. The van der Waals surface area contributed by atoms with E-state index in [2.05, 4.69) is 57.8 Å². The third kappa shape index (κ3) is 3.39. The minimum Gasteiger partial charge on any atom is -0.207 e. The zero-order chi connectivity index (χ0) is 14.9. The first-order valence-corrected chi connectivity index (χ1v) is 7.87. The first-order chi connectivity index (χ1) is 9.38. The van der Waals surface area contributed by atoms with Crippen molar-refractivity contribution >= 4 is 37.9 Å². The zero-order valence-electron chi connectivity index (χ0n) is 11.6. The topological polar surface area (TPSA) is 0 Å². The molecule has 0 nitrogen and oxygen atoms in total. The van der Waals surface area contributed by atoms with Crippen LogP contribution < -0.4 is 0 Å². The van der Waals surface area contributed by atoms with Gasteiger partial charge in [0, 0.05) is 0 Å². The van der Waals surface area contributed by atoms with E-state index in [0.29, 0.717) is 5.56 Å². The monoisotopic (exact) mass is 396 g/mol. The minimum atomic E-state index is -0.170. The fourth-order valence-electron chi connectivity index (χ4n) is 2.33. The van der Waals surface area contributed by atoms with Crippen LogP contribution in [-0.4, -0.2) is 0 Å². The molecule has 0 spiro atoms. The quantitative estimate of drug-likeness (QED) is 0.542. The number of rotatable bonds is 2. The van der Waals surface area contributed by atoms with Gasteiger partial charge in [-0.3, -0.25) is 0 Å². The summed E-state index contributed by atoms with van der Waals surface area (Å²) in [6.45, 7) is 5.95. The molecule has 0 unspecified atom stereocenters. The smallest absolute Gasteiger partial charge is 0.126 e. The highest BCUT2D eigenvalue weighted by molar-refractivity contribution is 9.28. The normalized spacial score (nSPS) is 10.5. The summed E-state index contributed by atoms with van der Waals surface area (Å²) in [6.07, 6.45) is 2.03. The molecule has 0 saturated carbocycles. The Hall–Kier alpha value is -0.930. The molecule has 0 amide bonds. The van der Waals surface area contributed by atoms with E-state index >= 15 is 0 Å². The SMILES string of the molecule is Cc1cc(C)c(C=C(Br)Br)c(-c2ccc(F)c(C)c2)c1. The van der Waals surface area contributed by atoms with E-state index in [9.17, 15) is 4.39 Å². The molecule has 0 aliphatic rings. The zero-order valence-corrected chi connectivity index (χ0v) is 14.8. The highest BCUT2D eigenvalue weighted by Crippen LogP contribution is 2.32. The fraction of sp³-hybridized carbons (Fsp3) is 0.176. The van der Waals surface area contributed by atoms with Gasteiger partial charge in [0.25, 0.3) is 0 Å². The van der Waals surface area contributed by atoms with Crippen LogP contribution in [0.4, 0.5) is 4.39 Å². The summed E-state index contributed by atoms with van der Waals surface area (Å²) < 4.78 is 14.3. The van der Waals surface area contributed by atoms with Crippen molar-refractivity contribution < 1.29 is 4.39 Å². The summed E-state index contributed by atoms with van der Waals surface area (Å²) in [6, 6.07) is 9.53. The summed E-state index contributed by atoms with van der Waals surface area (Å²) in [5.74, 6) is -0.170. The van der Waals surface area contributed by atoms with Crippen molar-refractivity contribution in [3.63, 3.8) is 0 Å². The molecule has 0 bridgehead atoms. The Labute approximate surface area is 136 Å². The molecule has 0 aliphatic carbocycles. The molecule has 2 aromatic carbocycles. The van der Waals surface area contributed by atoms with Crippen LogP contribution in [0.3, 0.4) is 0 Å². The lowest BCUT2D eigenvalue weighted by atomic mass is 9.93. The van der Waals surface area contributed by atoms with Gasteiger partial charge in [0.15, 0.2) is 0 Å². The van der Waals surface area contributed by atoms with Crippen molar-refractivity contribution in [1.82, 2.24) is 0 Å². The van der Waals surface area contributed by atoms with Crippen molar-refractivity contribution in [2.75, 3.05) is 0 Å². The first kappa shape index (κ1) is 15.5. The van der Waals surface area contributed by atoms with Gasteiger partial charge < -0.3 is 0 Å². The van der Waals surface area contributed by atoms with E-state index in [1.165, 1.54) is 17.2 Å². The van der Waals surface area contributed by atoms with E-state index in [0.717, 1.165) is 20.1 Å². The van der Waals surface area contributed by atoms with Crippen molar-refractivity contribution in [1.29, 1.82) is 0 Å². The van der Waals surface area contributed by atoms with Crippen molar-refractivity contribution in [2.45, 2.75) is 20.8 Å². The van der Waals surface area contributed by atoms with Gasteiger partial charge in [-0.15, -0.1) is 0 Å². The Morgan fingerprint density at radius 3 is 2.30 bits per heavy atom. The van der Waals surface area contributed by atoms with Crippen LogP contribution in [0.25, 0.3) is 17.2 Å². The Bertz CT molecular complexity index is 684. The summed E-state index contributed by atoms with van der Waals surface area (Å²) in [7, 11) is 0. The second kappa shape index (κ2) is 6.23. The average molecular weight is 398 g/mol. The first-order valence-electron chi connectivity index (χ1n) is 6.29. The highest BCUT2D eigenvalue weighted by atomic mass is 79.9. The van der Waals surface area contributed by atoms with Gasteiger partial charge in [-0.2, -0.15) is 0 Å². The molecule has 0 fully saturated rings. The Kier molecular flexibility index (Phi) is 4.82. The maximum atomic E-state index is 13.5. The number of aryl methyl sites for hydroxylation is 3. The average Bonchev–Trinajstić information content (AvgIpc) is 2.35. The molecule has 0 radical (unpaired) electrons. The molecule has 0 aliphatic heterocycles. The van der Waals surface area contributed by atoms with Crippen molar-refractivity contribution in [2.24, 2.45) is 0 Å². The number of hydrogen-bond donors (Lipinski definition) is 0. The molecule has 0 heterocycles. The van der Waals surface area contributed by atoms with E-state index in [-0.39, 0.29) is 5.82 Å². The van der Waals surface area contributed by atoms with Crippen molar-refractivity contribution in [3.8, 4) is 11.1 Å². The maximum Gasteiger partial charge on any atom is 0.126 e. The lowest BCUT2D eigenvalue weighted by molar-refractivity contribution is 0.619. The Morgan fingerprint density at radius 2 is 1.70 bits per heavy atom. The molecule has 20 heavy (non-hydrogen) atoms. The predicted octanol–water partition coefficient (Wildman–Crippen LogP) is 6.51. The summed E-state index contributed by atoms with van der Waals surface area (Å²) in [4.78, 5) is 0. The highest BCUT2D eigenvalue weighted by Gasteiger charge is 2.09. The van der Waals surface area contributed by atoms with Crippen LogP contribution in [0.2, 0.25) is 0 Å². The third-order valence-corrected chi connectivity index (χ3v) is 3.71. The predicted molar refractivity (Wildman–Crippen MR) is 91.9 cm³/mol. The lowest BCUT2D eigenvalue weighted by Crippen LogP contribution is -1.92. The fourth-order valence-corrected chi connectivity index (χ4v) is 2.79. The lowest BCUT2D eigenvalue weighted by Gasteiger charge is -2.13. The summed E-state index contributed by atoms with van der Waals surface area (Å²) in [5.41, 5.74) is 6.32. The summed E-state index contributed by atoms with van der Waals surface area (Å²) in [5, 5.41) is 0. The van der Waals surface area contributed by atoms with E-state index in [1.807, 2.05) is 18.2 Å². The van der Waals surface area contributed by atoms with Gasteiger partial charge in [0.2, 0.25) is 0 Å². The van der Waals surface area contributed by atoms with E-state index in [1.54, 1.807) is 6.92 Å². The maximum absolute atomic E-state index is 13.5. The molecular weight excluding hydrogens is 383 g/mol. The molecule has 0 N–H and O–H groups in total. The van der Waals surface area contributed by atoms with Crippen LogP contribution in [0.5, 0.6) is 0 Å². The molecule has 0 aromatic heterocycles. The molecular formula is C17H15Br2F. The van der Waals surface area contributed by atoms with Crippen LogP contribution in [0, 0.1) is 26.6 Å². The van der Waals surface area contributed by atoms with Gasteiger partial charge in [-0.1, -0.05) is 23.8 Å². The third-order valence-electron chi connectivity index (χ3n) is 3.25. The second-order valence-corrected chi connectivity index (χ2v) is 7.71. The van der Waals surface area contributed by atoms with E-state index < -0.39 is 0 Å². The van der Waals surface area contributed by atoms with Crippen molar-refractivity contribution in [3.05, 3.63) is 61.8 Å². The minimum absolute atomic E-state index is 0.170. The number of halogens is 3. The van der Waals surface area contributed by atoms with Crippen LogP contribution in [0.15, 0.2) is 33.7 Å². The molecule has 3 heteroatoms. The van der Waals surface area contributed by atoms with Gasteiger partial charge in [-0.05, 0) is 98.7 Å². The molecule has 2 aromatic rings. The van der Waals surface area contributed by atoms with Crippen LogP contribution in [0.1, 0.15) is 22.3 Å². The molecule has 0 atom stereocenters. The van der Waals surface area contributed by atoms with Gasteiger partial charge in [0.1, 0.15) is 5.82 Å². The van der Waals surface area contributed by atoms with Crippen LogP contribution in [-0.2, 0) is 0 Å². The Morgan fingerprint density at radius 1 is 1.00 bits per heavy atom. The second-order valence-electron chi connectivity index (χ2n) is 4.94. The number of hydrogen-bond acceptors (Lipinski definition) is 0. The molecule has 2 rings (SSSR count). The molecule has 104 valence electrons. The van der Waals surface area contributed by atoms with Gasteiger partial charge in [0.05, 0.1) is 3.39 Å². The van der Waals surface area contributed by atoms with E-state index in [4.69, 9.17) is 0 Å². The Balaban J connectivity index is 2.71. The standard InChI is InChI=1S/C17H15Br2F/c1-10-6-11(2)14(9-17(18)19)15(7-10)13-4-5-16(20)12(3)8-13/h4-9H,1-3H3. The van der Waals surface area contributed by atoms with Crippen LogP contribution >= 0.6 is 31.9 Å². The van der Waals surface area contributed by atoms with Gasteiger partial charge >= 0.3 is 0 Å². The largest absolute Gasteiger partial charge is 0.207 e. The molecule has 0 saturated heterocycles.